The molecule has 126 valence electrons. The molecule has 3 amide bonds. The molecule has 1 heterocycles. The number of nitrogens with zero attached hydrogens (tertiary/aromatic N) is 1. The van der Waals surface area contributed by atoms with Crippen LogP contribution in [0, 0.1) is 6.92 Å². The highest BCUT2D eigenvalue weighted by Gasteiger charge is 2.18. The van der Waals surface area contributed by atoms with E-state index in [0.717, 1.165) is 17.7 Å². The van der Waals surface area contributed by atoms with Gasteiger partial charge in [-0.15, -0.1) is 0 Å². The summed E-state index contributed by atoms with van der Waals surface area (Å²) in [7, 11) is 0. The Bertz CT molecular complexity index is 568. The highest BCUT2D eigenvalue weighted by molar-refractivity contribution is 5.96. The molecule has 1 aliphatic heterocycles. The second-order valence-corrected chi connectivity index (χ2v) is 5.84. The number of carbonyl (C=O) groups excluding carboxylic acids is 2. The molecule has 2 N–H and O–H groups in total. The van der Waals surface area contributed by atoms with Crippen LogP contribution in [0.5, 0.6) is 0 Å². The molecule has 1 aromatic carbocycles. The van der Waals surface area contributed by atoms with E-state index in [1.165, 1.54) is 0 Å². The molecule has 1 aromatic rings. The fourth-order valence-corrected chi connectivity index (χ4v) is 2.32. The van der Waals surface area contributed by atoms with E-state index in [0.29, 0.717) is 31.9 Å². The molecule has 1 saturated heterocycles. The predicted octanol–water partition coefficient (Wildman–Crippen LogP) is 2.39. The first kappa shape index (κ1) is 17.3. The number of rotatable bonds is 4. The number of hydrogen-bond acceptors (Lipinski definition) is 3. The summed E-state index contributed by atoms with van der Waals surface area (Å²) < 4.78 is 5.24. The molecule has 2 rings (SSSR count). The molecule has 1 unspecified atom stereocenters. The molecule has 0 radical (unpaired) electrons. The van der Waals surface area contributed by atoms with E-state index in [2.05, 4.69) is 10.6 Å². The van der Waals surface area contributed by atoms with Gasteiger partial charge in [0.25, 0.3) is 5.91 Å². The zero-order chi connectivity index (χ0) is 16.8. The predicted molar refractivity (Wildman–Crippen MR) is 89.8 cm³/mol. The topological polar surface area (TPSA) is 70.7 Å². The second-order valence-electron chi connectivity index (χ2n) is 5.84. The lowest BCUT2D eigenvalue weighted by atomic mass is 10.1. The first-order valence-electron chi connectivity index (χ1n) is 8.06. The first-order valence-corrected chi connectivity index (χ1v) is 8.06. The minimum atomic E-state index is -0.131. The van der Waals surface area contributed by atoms with Crippen molar-refractivity contribution >= 4 is 17.6 Å². The Labute approximate surface area is 137 Å². The molecule has 0 spiro atoms. The standard InChI is InChI=1S/C17H25N3O3/c1-4-13(3)18-16(21)14-5-6-15(12(2)11-14)19-17(22)20-7-9-23-10-8-20/h5-6,11,13H,4,7-10H2,1-3H3,(H,18,21)(H,19,22). The Kier molecular flexibility index (Phi) is 5.98. The number of morpholine rings is 1. The third-order valence-corrected chi connectivity index (χ3v) is 4.02. The fourth-order valence-electron chi connectivity index (χ4n) is 2.32. The van der Waals surface area contributed by atoms with Crippen molar-refractivity contribution in [1.29, 1.82) is 0 Å². The van der Waals surface area contributed by atoms with Crippen LogP contribution >= 0.6 is 0 Å². The van der Waals surface area contributed by atoms with Gasteiger partial charge in [0, 0.05) is 30.4 Å². The van der Waals surface area contributed by atoms with Crippen molar-refractivity contribution in [3.8, 4) is 0 Å². The van der Waals surface area contributed by atoms with E-state index in [4.69, 9.17) is 4.74 Å². The normalized spacial score (nSPS) is 15.9. The Morgan fingerprint density at radius 2 is 2.00 bits per heavy atom. The maximum Gasteiger partial charge on any atom is 0.322 e. The number of benzene rings is 1. The minimum Gasteiger partial charge on any atom is -0.378 e. The summed E-state index contributed by atoms with van der Waals surface area (Å²) in [5.41, 5.74) is 2.19. The highest BCUT2D eigenvalue weighted by Crippen LogP contribution is 2.17. The van der Waals surface area contributed by atoms with Crippen molar-refractivity contribution in [1.82, 2.24) is 10.2 Å². The highest BCUT2D eigenvalue weighted by atomic mass is 16.5. The SMILES string of the molecule is CCC(C)NC(=O)c1ccc(NC(=O)N2CCOCC2)c(C)c1. The first-order chi connectivity index (χ1) is 11.0. The van der Waals surface area contributed by atoms with Gasteiger partial charge in [0.1, 0.15) is 0 Å². The van der Waals surface area contributed by atoms with Crippen LogP contribution in [0.15, 0.2) is 18.2 Å². The van der Waals surface area contributed by atoms with Crippen LogP contribution in [0.3, 0.4) is 0 Å². The molecule has 0 bridgehead atoms. The lowest BCUT2D eigenvalue weighted by Crippen LogP contribution is -2.43. The van der Waals surface area contributed by atoms with Gasteiger partial charge in [-0.2, -0.15) is 0 Å². The quantitative estimate of drug-likeness (QED) is 0.895. The summed E-state index contributed by atoms with van der Waals surface area (Å²) in [6.45, 7) is 8.22. The maximum absolute atomic E-state index is 12.2. The number of anilines is 1. The number of aryl methyl sites for hydroxylation is 1. The van der Waals surface area contributed by atoms with Crippen molar-refractivity contribution in [2.75, 3.05) is 31.6 Å². The average Bonchev–Trinajstić information content (AvgIpc) is 2.57. The van der Waals surface area contributed by atoms with Crippen molar-refractivity contribution < 1.29 is 14.3 Å². The van der Waals surface area contributed by atoms with E-state index >= 15 is 0 Å². The van der Waals surface area contributed by atoms with Crippen LogP contribution in [0.25, 0.3) is 0 Å². The summed E-state index contributed by atoms with van der Waals surface area (Å²) in [4.78, 5) is 26.1. The monoisotopic (exact) mass is 319 g/mol. The van der Waals surface area contributed by atoms with Gasteiger partial charge in [0.2, 0.25) is 0 Å². The molecule has 1 atom stereocenters. The van der Waals surface area contributed by atoms with E-state index in [1.807, 2.05) is 20.8 Å². The maximum atomic E-state index is 12.2. The zero-order valence-electron chi connectivity index (χ0n) is 14.0. The molecular weight excluding hydrogens is 294 g/mol. The summed E-state index contributed by atoms with van der Waals surface area (Å²) in [5, 5.41) is 5.83. The van der Waals surface area contributed by atoms with Crippen molar-refractivity contribution in [2.45, 2.75) is 33.2 Å². The Balaban J connectivity index is 2.01. The lowest BCUT2D eigenvalue weighted by molar-refractivity contribution is 0.0564. The van der Waals surface area contributed by atoms with Crippen LogP contribution in [0.4, 0.5) is 10.5 Å². The van der Waals surface area contributed by atoms with Crippen LogP contribution in [-0.2, 0) is 4.74 Å². The third-order valence-electron chi connectivity index (χ3n) is 4.02. The summed E-state index contributed by atoms with van der Waals surface area (Å²) >= 11 is 0. The molecule has 6 heteroatoms. The Hall–Kier alpha value is -2.08. The van der Waals surface area contributed by atoms with Gasteiger partial charge in [-0.05, 0) is 44.0 Å². The molecule has 0 aromatic heterocycles. The molecule has 23 heavy (non-hydrogen) atoms. The molecular formula is C17H25N3O3. The Morgan fingerprint density at radius 3 is 2.61 bits per heavy atom. The number of urea groups is 1. The molecule has 6 nitrogen and oxygen atoms in total. The second kappa shape index (κ2) is 7.97. The Morgan fingerprint density at radius 1 is 1.30 bits per heavy atom. The third kappa shape index (κ3) is 4.69. The molecule has 1 aliphatic rings. The van der Waals surface area contributed by atoms with Gasteiger partial charge in [-0.1, -0.05) is 6.92 Å². The largest absolute Gasteiger partial charge is 0.378 e. The molecule has 0 aliphatic carbocycles. The van der Waals surface area contributed by atoms with Crippen LogP contribution in [0.1, 0.15) is 36.2 Å². The van der Waals surface area contributed by atoms with Crippen molar-refractivity contribution in [3.05, 3.63) is 29.3 Å². The zero-order valence-corrected chi connectivity index (χ0v) is 14.0. The lowest BCUT2D eigenvalue weighted by Gasteiger charge is -2.27. The van der Waals surface area contributed by atoms with Gasteiger partial charge in [-0.3, -0.25) is 4.79 Å². The number of carbonyl (C=O) groups is 2. The number of nitrogens with one attached hydrogen (secondary N) is 2. The molecule has 1 fully saturated rings. The van der Waals surface area contributed by atoms with Crippen molar-refractivity contribution in [2.24, 2.45) is 0 Å². The smallest absolute Gasteiger partial charge is 0.322 e. The summed E-state index contributed by atoms with van der Waals surface area (Å²) in [6, 6.07) is 5.32. The number of amides is 3. The summed E-state index contributed by atoms with van der Waals surface area (Å²) in [6.07, 6.45) is 0.887. The van der Waals surface area contributed by atoms with Gasteiger partial charge in [-0.25, -0.2) is 4.79 Å². The number of hydrogen-bond donors (Lipinski definition) is 2. The van der Waals surface area contributed by atoms with Crippen molar-refractivity contribution in [3.63, 3.8) is 0 Å². The van der Waals surface area contributed by atoms with E-state index in [1.54, 1.807) is 23.1 Å². The average molecular weight is 319 g/mol. The van der Waals surface area contributed by atoms with E-state index < -0.39 is 0 Å². The van der Waals surface area contributed by atoms with Gasteiger partial charge >= 0.3 is 6.03 Å². The summed E-state index contributed by atoms with van der Waals surface area (Å²) in [5.74, 6) is -0.0893. The van der Waals surface area contributed by atoms with E-state index in [-0.39, 0.29) is 18.0 Å². The van der Waals surface area contributed by atoms with Crippen LogP contribution in [0.2, 0.25) is 0 Å². The van der Waals surface area contributed by atoms with Gasteiger partial charge in [0.15, 0.2) is 0 Å². The van der Waals surface area contributed by atoms with E-state index in [9.17, 15) is 9.59 Å². The van der Waals surface area contributed by atoms with Crippen LogP contribution in [-0.4, -0.2) is 49.2 Å². The fraction of sp³-hybridized carbons (Fsp3) is 0.529. The van der Waals surface area contributed by atoms with Gasteiger partial charge in [0.05, 0.1) is 13.2 Å². The number of ether oxygens (including phenoxy) is 1. The van der Waals surface area contributed by atoms with Crippen LogP contribution < -0.4 is 10.6 Å². The van der Waals surface area contributed by atoms with Gasteiger partial charge < -0.3 is 20.3 Å². The molecule has 0 saturated carbocycles. The minimum absolute atomic E-state index is 0.0893.